The smallest absolute Gasteiger partial charge is 0.267 e. The first-order valence-electron chi connectivity index (χ1n) is 4.78. The first-order valence-corrected chi connectivity index (χ1v) is 5.59. The van der Waals surface area contributed by atoms with Gasteiger partial charge in [-0.2, -0.15) is 0 Å². The molecule has 1 aromatic rings. The molecule has 5 nitrogen and oxygen atoms in total. The molecule has 15 heavy (non-hydrogen) atoms. The minimum Gasteiger partial charge on any atom is -0.382 e. The van der Waals surface area contributed by atoms with E-state index in [2.05, 4.69) is 17.2 Å². The van der Waals surface area contributed by atoms with Gasteiger partial charge in [0.1, 0.15) is 10.7 Å². The zero-order chi connectivity index (χ0) is 11.4. The SMILES string of the molecule is CCCNc1nc(N)c(C(=O)N(C)C)s1. The first kappa shape index (κ1) is 11.8. The van der Waals surface area contributed by atoms with Gasteiger partial charge in [0.25, 0.3) is 5.91 Å². The van der Waals surface area contributed by atoms with E-state index in [1.165, 1.54) is 16.2 Å². The Bertz CT molecular complexity index is 348. The summed E-state index contributed by atoms with van der Waals surface area (Å²) in [5, 5.41) is 3.81. The van der Waals surface area contributed by atoms with Crippen molar-refractivity contribution in [2.24, 2.45) is 0 Å². The van der Waals surface area contributed by atoms with Crippen LogP contribution in [0.15, 0.2) is 0 Å². The quantitative estimate of drug-likeness (QED) is 0.813. The van der Waals surface area contributed by atoms with Gasteiger partial charge in [0.2, 0.25) is 0 Å². The van der Waals surface area contributed by atoms with E-state index in [-0.39, 0.29) is 5.91 Å². The lowest BCUT2D eigenvalue weighted by molar-refractivity contribution is 0.0833. The molecule has 0 unspecified atom stereocenters. The topological polar surface area (TPSA) is 71.2 Å². The minimum absolute atomic E-state index is 0.102. The van der Waals surface area contributed by atoms with Crippen LogP contribution in [0, 0.1) is 0 Å². The molecule has 3 N–H and O–H groups in total. The molecule has 1 rings (SSSR count). The second-order valence-corrected chi connectivity index (χ2v) is 4.36. The molecule has 0 radical (unpaired) electrons. The predicted octanol–water partition coefficient (Wildman–Crippen LogP) is 1.25. The van der Waals surface area contributed by atoms with Crippen LogP contribution in [0.25, 0.3) is 0 Å². The van der Waals surface area contributed by atoms with Crippen LogP contribution in [0.5, 0.6) is 0 Å². The van der Waals surface area contributed by atoms with Crippen molar-refractivity contribution in [2.45, 2.75) is 13.3 Å². The number of hydrogen-bond acceptors (Lipinski definition) is 5. The molecule has 0 atom stereocenters. The number of rotatable bonds is 4. The highest BCUT2D eigenvalue weighted by Gasteiger charge is 2.17. The molecule has 0 saturated heterocycles. The molecular formula is C9H16N4OS. The standard InChI is InChI=1S/C9H16N4OS/c1-4-5-11-9-12-7(10)6(15-9)8(14)13(2)3/h4-5,10H2,1-3H3,(H,11,12). The van der Waals surface area contributed by atoms with Gasteiger partial charge < -0.3 is 16.0 Å². The van der Waals surface area contributed by atoms with Gasteiger partial charge in [-0.3, -0.25) is 4.79 Å². The van der Waals surface area contributed by atoms with E-state index >= 15 is 0 Å². The Labute approximate surface area is 93.3 Å². The van der Waals surface area contributed by atoms with E-state index in [9.17, 15) is 4.79 Å². The van der Waals surface area contributed by atoms with Crippen LogP contribution in [0.2, 0.25) is 0 Å². The van der Waals surface area contributed by atoms with Crippen LogP contribution in [0.1, 0.15) is 23.0 Å². The van der Waals surface area contributed by atoms with Crippen molar-refractivity contribution in [1.82, 2.24) is 9.88 Å². The molecule has 0 fully saturated rings. The third-order valence-corrected chi connectivity index (χ3v) is 2.80. The molecular weight excluding hydrogens is 212 g/mol. The lowest BCUT2D eigenvalue weighted by Crippen LogP contribution is -2.21. The number of aromatic nitrogens is 1. The lowest BCUT2D eigenvalue weighted by atomic mass is 10.4. The Morgan fingerprint density at radius 1 is 1.60 bits per heavy atom. The zero-order valence-electron chi connectivity index (χ0n) is 9.20. The fourth-order valence-electron chi connectivity index (χ4n) is 0.996. The van der Waals surface area contributed by atoms with E-state index in [0.29, 0.717) is 15.8 Å². The van der Waals surface area contributed by atoms with Crippen molar-refractivity contribution in [3.63, 3.8) is 0 Å². The van der Waals surface area contributed by atoms with Crippen LogP contribution >= 0.6 is 11.3 Å². The van der Waals surface area contributed by atoms with Gasteiger partial charge in [-0.15, -0.1) is 0 Å². The van der Waals surface area contributed by atoms with Gasteiger partial charge in [0.05, 0.1) is 0 Å². The Hall–Kier alpha value is -1.30. The van der Waals surface area contributed by atoms with Crippen LogP contribution < -0.4 is 11.1 Å². The number of amides is 1. The maximum absolute atomic E-state index is 11.6. The largest absolute Gasteiger partial charge is 0.382 e. The highest BCUT2D eigenvalue weighted by molar-refractivity contribution is 7.18. The summed E-state index contributed by atoms with van der Waals surface area (Å²) in [7, 11) is 3.39. The zero-order valence-corrected chi connectivity index (χ0v) is 10.0. The van der Waals surface area contributed by atoms with Gasteiger partial charge >= 0.3 is 0 Å². The summed E-state index contributed by atoms with van der Waals surface area (Å²) < 4.78 is 0. The monoisotopic (exact) mass is 228 g/mol. The van der Waals surface area contributed by atoms with E-state index in [1.807, 2.05) is 0 Å². The second kappa shape index (κ2) is 4.97. The number of hydrogen-bond donors (Lipinski definition) is 2. The molecule has 1 aromatic heterocycles. The Morgan fingerprint density at radius 2 is 2.27 bits per heavy atom. The average Bonchev–Trinajstić information content (AvgIpc) is 2.55. The van der Waals surface area contributed by atoms with Crippen molar-refractivity contribution >= 4 is 28.2 Å². The molecule has 0 saturated carbocycles. The molecule has 0 spiro atoms. The Kier molecular flexibility index (Phi) is 3.90. The van der Waals surface area contributed by atoms with Gasteiger partial charge in [0.15, 0.2) is 5.13 Å². The molecule has 0 aliphatic heterocycles. The first-order chi connectivity index (χ1) is 7.06. The van der Waals surface area contributed by atoms with E-state index in [4.69, 9.17) is 5.73 Å². The maximum Gasteiger partial charge on any atom is 0.267 e. The molecule has 0 aliphatic rings. The van der Waals surface area contributed by atoms with Gasteiger partial charge in [-0.1, -0.05) is 18.3 Å². The second-order valence-electron chi connectivity index (χ2n) is 3.36. The van der Waals surface area contributed by atoms with Crippen LogP contribution in [0.4, 0.5) is 10.9 Å². The summed E-state index contributed by atoms with van der Waals surface area (Å²) in [6.45, 7) is 2.90. The number of carbonyl (C=O) groups is 1. The highest BCUT2D eigenvalue weighted by Crippen LogP contribution is 2.25. The normalized spacial score (nSPS) is 10.1. The number of nitrogen functional groups attached to an aromatic ring is 1. The van der Waals surface area contributed by atoms with Gasteiger partial charge in [-0.05, 0) is 6.42 Å². The average molecular weight is 228 g/mol. The van der Waals surface area contributed by atoms with Crippen LogP contribution in [-0.2, 0) is 0 Å². The summed E-state index contributed by atoms with van der Waals surface area (Å²) >= 11 is 1.30. The Balaban J connectivity index is 2.81. The summed E-state index contributed by atoms with van der Waals surface area (Å²) in [5.74, 6) is 0.201. The lowest BCUT2D eigenvalue weighted by Gasteiger charge is -2.07. The highest BCUT2D eigenvalue weighted by atomic mass is 32.1. The van der Waals surface area contributed by atoms with E-state index < -0.39 is 0 Å². The van der Waals surface area contributed by atoms with E-state index in [0.717, 1.165) is 13.0 Å². The number of carbonyl (C=O) groups excluding carboxylic acids is 1. The van der Waals surface area contributed by atoms with E-state index in [1.54, 1.807) is 14.1 Å². The van der Waals surface area contributed by atoms with Crippen molar-refractivity contribution in [2.75, 3.05) is 31.7 Å². The van der Waals surface area contributed by atoms with Crippen molar-refractivity contribution in [3.8, 4) is 0 Å². The predicted molar refractivity (Wildman–Crippen MR) is 63.3 cm³/mol. The molecule has 0 aromatic carbocycles. The van der Waals surface area contributed by atoms with Gasteiger partial charge in [-0.25, -0.2) is 4.98 Å². The van der Waals surface area contributed by atoms with Crippen LogP contribution in [0.3, 0.4) is 0 Å². The molecule has 0 bridgehead atoms. The summed E-state index contributed by atoms with van der Waals surface area (Å²) in [6.07, 6.45) is 1.01. The maximum atomic E-state index is 11.6. The Morgan fingerprint density at radius 3 is 2.80 bits per heavy atom. The number of anilines is 2. The number of nitrogens with one attached hydrogen (secondary N) is 1. The fraction of sp³-hybridized carbons (Fsp3) is 0.556. The van der Waals surface area contributed by atoms with Gasteiger partial charge in [0, 0.05) is 20.6 Å². The molecule has 1 amide bonds. The molecule has 1 heterocycles. The third-order valence-electron chi connectivity index (χ3n) is 1.78. The van der Waals surface area contributed by atoms with Crippen LogP contribution in [-0.4, -0.2) is 36.4 Å². The summed E-state index contributed by atoms with van der Waals surface area (Å²) in [5.41, 5.74) is 5.66. The number of thiazole rings is 1. The molecule has 6 heteroatoms. The third kappa shape index (κ3) is 2.82. The van der Waals surface area contributed by atoms with Crippen molar-refractivity contribution < 1.29 is 4.79 Å². The summed E-state index contributed by atoms with van der Waals surface area (Å²) in [6, 6.07) is 0. The van der Waals surface area contributed by atoms with Crippen molar-refractivity contribution in [1.29, 1.82) is 0 Å². The molecule has 0 aliphatic carbocycles. The number of nitrogens with zero attached hydrogens (tertiary/aromatic N) is 2. The fourth-order valence-corrected chi connectivity index (χ4v) is 1.93. The number of nitrogens with two attached hydrogens (primary N) is 1. The minimum atomic E-state index is -0.102. The molecule has 84 valence electrons. The van der Waals surface area contributed by atoms with Crippen molar-refractivity contribution in [3.05, 3.63) is 4.88 Å². The summed E-state index contributed by atoms with van der Waals surface area (Å²) in [4.78, 5) is 17.7.